The Morgan fingerprint density at radius 2 is 1.68 bits per heavy atom. The Morgan fingerprint density at radius 3 is 2.35 bits per heavy atom. The summed E-state index contributed by atoms with van der Waals surface area (Å²) in [6, 6.07) is 9.79. The second-order valence-electron chi connectivity index (χ2n) is 8.79. The van der Waals surface area contributed by atoms with Gasteiger partial charge in [0.15, 0.2) is 0 Å². The van der Waals surface area contributed by atoms with E-state index in [9.17, 15) is 4.79 Å². The van der Waals surface area contributed by atoms with Crippen LogP contribution in [0, 0.1) is 0 Å². The standard InChI is InChI=1S/C28H33NO5/c1-18(13-28(30)29-19-9-7-5-6-8-10-19)21-15-23-24(17-34-27(23)16-26(21)33-4)22-14-20(31-2)11-12-25(22)32-3/h11-17,19H,5-10H2,1-4H3,(H,29,30)/b18-13+. The minimum atomic E-state index is -0.0616. The van der Waals surface area contributed by atoms with Crippen molar-refractivity contribution >= 4 is 22.4 Å². The fourth-order valence-electron chi connectivity index (χ4n) is 4.71. The zero-order valence-corrected chi connectivity index (χ0v) is 20.4. The van der Waals surface area contributed by atoms with E-state index < -0.39 is 0 Å². The summed E-state index contributed by atoms with van der Waals surface area (Å²) in [6.45, 7) is 1.93. The van der Waals surface area contributed by atoms with Crippen molar-refractivity contribution in [2.24, 2.45) is 0 Å². The average molecular weight is 464 g/mol. The first-order valence-corrected chi connectivity index (χ1v) is 11.8. The van der Waals surface area contributed by atoms with Gasteiger partial charge < -0.3 is 23.9 Å². The Labute approximate surface area is 200 Å². The zero-order valence-electron chi connectivity index (χ0n) is 20.4. The van der Waals surface area contributed by atoms with Gasteiger partial charge in [0.2, 0.25) is 5.91 Å². The molecule has 1 aliphatic carbocycles. The van der Waals surface area contributed by atoms with Crippen molar-refractivity contribution in [2.45, 2.75) is 51.5 Å². The van der Waals surface area contributed by atoms with Crippen LogP contribution in [0.3, 0.4) is 0 Å². The van der Waals surface area contributed by atoms with Gasteiger partial charge in [0.25, 0.3) is 0 Å². The molecule has 1 fully saturated rings. The molecule has 180 valence electrons. The van der Waals surface area contributed by atoms with Crippen LogP contribution in [0.1, 0.15) is 51.0 Å². The maximum absolute atomic E-state index is 12.8. The lowest BCUT2D eigenvalue weighted by atomic mass is 9.98. The number of amides is 1. The molecular weight excluding hydrogens is 430 g/mol. The summed E-state index contributed by atoms with van der Waals surface area (Å²) < 4.78 is 22.5. The minimum Gasteiger partial charge on any atom is -0.497 e. The molecule has 1 amide bonds. The van der Waals surface area contributed by atoms with Gasteiger partial charge in [-0.25, -0.2) is 0 Å². The topological polar surface area (TPSA) is 69.9 Å². The fourth-order valence-corrected chi connectivity index (χ4v) is 4.71. The number of carbonyl (C=O) groups excluding carboxylic acids is 1. The van der Waals surface area contributed by atoms with E-state index in [0.29, 0.717) is 11.3 Å². The number of nitrogens with one attached hydrogen (secondary N) is 1. The number of allylic oxidation sites excluding steroid dienone is 1. The van der Waals surface area contributed by atoms with Crippen LogP contribution < -0.4 is 19.5 Å². The maximum Gasteiger partial charge on any atom is 0.244 e. The van der Waals surface area contributed by atoms with Crippen LogP contribution in [-0.4, -0.2) is 33.3 Å². The van der Waals surface area contributed by atoms with E-state index in [0.717, 1.165) is 52.0 Å². The Balaban J connectivity index is 1.70. The molecule has 0 atom stereocenters. The Kier molecular flexibility index (Phi) is 7.46. The number of ether oxygens (including phenoxy) is 3. The number of hydrogen-bond acceptors (Lipinski definition) is 5. The van der Waals surface area contributed by atoms with Crippen molar-refractivity contribution in [3.8, 4) is 28.4 Å². The van der Waals surface area contributed by atoms with E-state index in [1.54, 1.807) is 33.7 Å². The highest BCUT2D eigenvalue weighted by Gasteiger charge is 2.19. The molecule has 6 nitrogen and oxygen atoms in total. The molecule has 6 heteroatoms. The summed E-state index contributed by atoms with van der Waals surface area (Å²) in [4.78, 5) is 12.8. The molecular formula is C28H33NO5. The lowest BCUT2D eigenvalue weighted by Crippen LogP contribution is -2.33. The number of carbonyl (C=O) groups is 1. The van der Waals surface area contributed by atoms with Gasteiger partial charge in [-0.3, -0.25) is 4.79 Å². The molecule has 0 aliphatic heterocycles. The van der Waals surface area contributed by atoms with Crippen LogP contribution in [0.2, 0.25) is 0 Å². The average Bonchev–Trinajstić information content (AvgIpc) is 3.09. The quantitative estimate of drug-likeness (QED) is 0.326. The molecule has 1 aliphatic rings. The van der Waals surface area contributed by atoms with Gasteiger partial charge >= 0.3 is 0 Å². The van der Waals surface area contributed by atoms with Gasteiger partial charge in [-0.2, -0.15) is 0 Å². The number of methoxy groups -OCH3 is 3. The van der Waals surface area contributed by atoms with Crippen LogP contribution >= 0.6 is 0 Å². The van der Waals surface area contributed by atoms with E-state index in [1.165, 1.54) is 25.7 Å². The molecule has 1 N–H and O–H groups in total. The number of fused-ring (bicyclic) bond motifs is 1. The summed E-state index contributed by atoms with van der Waals surface area (Å²) in [6.07, 6.45) is 10.3. The first-order chi connectivity index (χ1) is 16.5. The van der Waals surface area contributed by atoms with Gasteiger partial charge in [0.05, 0.1) is 27.6 Å². The largest absolute Gasteiger partial charge is 0.497 e. The number of rotatable bonds is 7. The van der Waals surface area contributed by atoms with Crippen LogP contribution in [0.15, 0.2) is 47.1 Å². The van der Waals surface area contributed by atoms with Gasteiger partial charge in [-0.15, -0.1) is 0 Å². The van der Waals surface area contributed by atoms with Gasteiger partial charge in [0.1, 0.15) is 22.8 Å². The summed E-state index contributed by atoms with van der Waals surface area (Å²) in [7, 11) is 4.90. The summed E-state index contributed by atoms with van der Waals surface area (Å²) in [5.41, 5.74) is 4.11. The highest BCUT2D eigenvalue weighted by atomic mass is 16.5. The Hall–Kier alpha value is -3.41. The van der Waals surface area contributed by atoms with Gasteiger partial charge in [-0.1, -0.05) is 25.7 Å². The predicted molar refractivity (Wildman–Crippen MR) is 135 cm³/mol. The van der Waals surface area contributed by atoms with Crippen molar-refractivity contribution in [2.75, 3.05) is 21.3 Å². The van der Waals surface area contributed by atoms with E-state index >= 15 is 0 Å². The highest BCUT2D eigenvalue weighted by Crippen LogP contribution is 2.41. The maximum atomic E-state index is 12.8. The van der Waals surface area contributed by atoms with Crippen LogP contribution in [0.4, 0.5) is 0 Å². The normalized spacial score (nSPS) is 15.1. The molecule has 3 aromatic rings. The Bertz CT molecular complexity index is 1180. The molecule has 0 unspecified atom stereocenters. The van der Waals surface area contributed by atoms with Crippen molar-refractivity contribution < 1.29 is 23.4 Å². The molecule has 0 spiro atoms. The van der Waals surface area contributed by atoms with Crippen molar-refractivity contribution in [3.63, 3.8) is 0 Å². The molecule has 2 aromatic carbocycles. The van der Waals surface area contributed by atoms with Crippen LogP contribution in [0.5, 0.6) is 17.2 Å². The first kappa shape index (κ1) is 23.7. The molecule has 1 heterocycles. The summed E-state index contributed by atoms with van der Waals surface area (Å²) in [5.74, 6) is 2.04. The second kappa shape index (κ2) is 10.7. The lowest BCUT2D eigenvalue weighted by Gasteiger charge is -2.15. The molecule has 4 rings (SSSR count). The van der Waals surface area contributed by atoms with E-state index in [1.807, 2.05) is 37.3 Å². The van der Waals surface area contributed by atoms with Crippen molar-refractivity contribution in [1.29, 1.82) is 0 Å². The van der Waals surface area contributed by atoms with Crippen molar-refractivity contribution in [3.05, 3.63) is 48.2 Å². The van der Waals surface area contributed by atoms with Crippen LogP contribution in [-0.2, 0) is 4.79 Å². The smallest absolute Gasteiger partial charge is 0.244 e. The SMILES string of the molecule is COc1ccc(OC)c(-c2coc3cc(OC)c(/C(C)=C/C(=O)NC4CCCCCC4)cc23)c1. The number of benzene rings is 2. The van der Waals surface area contributed by atoms with Gasteiger partial charge in [0, 0.05) is 40.3 Å². The molecule has 34 heavy (non-hydrogen) atoms. The molecule has 0 bridgehead atoms. The summed E-state index contributed by atoms with van der Waals surface area (Å²) >= 11 is 0. The number of hydrogen-bond donors (Lipinski definition) is 1. The van der Waals surface area contributed by atoms with Gasteiger partial charge in [-0.05, 0) is 49.6 Å². The fraction of sp³-hybridized carbons (Fsp3) is 0.393. The predicted octanol–water partition coefficient (Wildman–Crippen LogP) is 6.37. The first-order valence-electron chi connectivity index (χ1n) is 11.8. The van der Waals surface area contributed by atoms with E-state index in [2.05, 4.69) is 5.32 Å². The lowest BCUT2D eigenvalue weighted by molar-refractivity contribution is -0.117. The second-order valence-corrected chi connectivity index (χ2v) is 8.79. The molecule has 1 aromatic heterocycles. The van der Waals surface area contributed by atoms with Crippen molar-refractivity contribution in [1.82, 2.24) is 5.32 Å². The third-order valence-corrected chi connectivity index (χ3v) is 6.57. The molecule has 0 saturated heterocycles. The van der Waals surface area contributed by atoms with E-state index in [-0.39, 0.29) is 11.9 Å². The molecule has 1 saturated carbocycles. The minimum absolute atomic E-state index is 0.0616. The number of furan rings is 1. The Morgan fingerprint density at radius 1 is 0.941 bits per heavy atom. The summed E-state index contributed by atoms with van der Waals surface area (Å²) in [5, 5.41) is 4.09. The van der Waals surface area contributed by atoms with Crippen LogP contribution in [0.25, 0.3) is 27.7 Å². The zero-order chi connectivity index (χ0) is 24.1. The molecule has 0 radical (unpaired) electrons. The highest BCUT2D eigenvalue weighted by molar-refractivity contribution is 6.01. The monoisotopic (exact) mass is 463 g/mol. The third-order valence-electron chi connectivity index (χ3n) is 6.57. The third kappa shape index (κ3) is 5.06. The van der Waals surface area contributed by atoms with E-state index in [4.69, 9.17) is 18.6 Å².